The second kappa shape index (κ2) is 4.62. The summed E-state index contributed by atoms with van der Waals surface area (Å²) in [5.41, 5.74) is 1.29. The van der Waals surface area contributed by atoms with Crippen molar-refractivity contribution in [3.63, 3.8) is 0 Å². The fourth-order valence-electron chi connectivity index (χ4n) is 1.48. The largest absolute Gasteiger partial charge is 0.442 e. The summed E-state index contributed by atoms with van der Waals surface area (Å²) in [5.74, 6) is -0.457. The molecule has 0 spiro atoms. The van der Waals surface area contributed by atoms with E-state index in [9.17, 15) is 4.79 Å². The van der Waals surface area contributed by atoms with Crippen molar-refractivity contribution in [3.05, 3.63) is 53.7 Å². The molecule has 2 rings (SSSR count). The highest BCUT2D eigenvalue weighted by atomic mass is 16.3. The van der Waals surface area contributed by atoms with Gasteiger partial charge in [0.25, 0.3) is 5.89 Å². The summed E-state index contributed by atoms with van der Waals surface area (Å²) in [6, 6.07) is 9.08. The number of nitriles is 1. The first-order chi connectivity index (χ1) is 8.22. The van der Waals surface area contributed by atoms with Gasteiger partial charge in [0.05, 0.1) is 18.2 Å². The molecule has 84 valence electrons. The minimum absolute atomic E-state index is 0.0618. The van der Waals surface area contributed by atoms with Crippen LogP contribution in [0.2, 0.25) is 0 Å². The van der Waals surface area contributed by atoms with Crippen molar-refractivity contribution in [2.75, 3.05) is 0 Å². The zero-order chi connectivity index (χ0) is 12.3. The van der Waals surface area contributed by atoms with Crippen molar-refractivity contribution < 1.29 is 9.21 Å². The lowest BCUT2D eigenvalue weighted by Crippen LogP contribution is -2.02. The number of hydrogen-bond donors (Lipinski definition) is 0. The van der Waals surface area contributed by atoms with Gasteiger partial charge < -0.3 is 4.42 Å². The molecule has 4 nitrogen and oxygen atoms in total. The molecule has 1 heterocycles. The van der Waals surface area contributed by atoms with Crippen LogP contribution in [0.25, 0.3) is 0 Å². The molecule has 1 unspecified atom stereocenters. The molecule has 2 aromatic rings. The number of hydrogen-bond acceptors (Lipinski definition) is 4. The van der Waals surface area contributed by atoms with Gasteiger partial charge in [0.15, 0.2) is 0 Å². The molecule has 1 atom stereocenters. The van der Waals surface area contributed by atoms with Crippen LogP contribution >= 0.6 is 0 Å². The molecule has 4 heteroatoms. The second-order valence-electron chi connectivity index (χ2n) is 3.64. The predicted octanol–water partition coefficient (Wildman–Crippen LogP) is 2.53. The van der Waals surface area contributed by atoms with Gasteiger partial charge in [-0.25, -0.2) is 4.98 Å². The van der Waals surface area contributed by atoms with E-state index in [0.717, 1.165) is 5.56 Å². The summed E-state index contributed by atoms with van der Waals surface area (Å²) in [6.45, 7) is 1.79. The monoisotopic (exact) mass is 226 g/mol. The summed E-state index contributed by atoms with van der Waals surface area (Å²) < 4.78 is 4.95. The lowest BCUT2D eigenvalue weighted by atomic mass is 9.99. The Morgan fingerprint density at radius 1 is 1.53 bits per heavy atom. The normalized spacial score (nSPS) is 11.8. The summed E-state index contributed by atoms with van der Waals surface area (Å²) in [5, 5.41) is 8.84. The van der Waals surface area contributed by atoms with Gasteiger partial charge in [-0.05, 0) is 18.6 Å². The van der Waals surface area contributed by atoms with Crippen molar-refractivity contribution in [2.24, 2.45) is 0 Å². The van der Waals surface area contributed by atoms with Gasteiger partial charge in [-0.2, -0.15) is 5.26 Å². The zero-order valence-corrected chi connectivity index (χ0v) is 9.25. The molecular formula is C13H10N2O2. The summed E-state index contributed by atoms with van der Waals surface area (Å²) in [6.07, 6.45) is 2.78. The molecule has 0 amide bonds. The molecule has 0 bridgehead atoms. The Kier molecular flexibility index (Phi) is 3.01. The Hall–Kier alpha value is -2.41. The van der Waals surface area contributed by atoms with E-state index in [1.54, 1.807) is 25.1 Å². The van der Waals surface area contributed by atoms with Crippen molar-refractivity contribution >= 4 is 5.78 Å². The maximum Gasteiger partial charge on any atom is 0.268 e. The van der Waals surface area contributed by atoms with E-state index >= 15 is 0 Å². The summed E-state index contributed by atoms with van der Waals surface area (Å²) in [4.78, 5) is 15.7. The third-order valence-electron chi connectivity index (χ3n) is 2.47. The average Bonchev–Trinajstić information content (AvgIpc) is 2.91. The minimum atomic E-state index is -0.276. The van der Waals surface area contributed by atoms with Crippen LogP contribution in [0, 0.1) is 11.3 Å². The maximum atomic E-state index is 11.9. The van der Waals surface area contributed by atoms with E-state index in [0.29, 0.717) is 5.56 Å². The first kappa shape index (κ1) is 11.1. The lowest BCUT2D eigenvalue weighted by molar-refractivity contribution is 0.100. The van der Waals surface area contributed by atoms with Crippen LogP contribution in [0.3, 0.4) is 0 Å². The highest BCUT2D eigenvalue weighted by Crippen LogP contribution is 2.17. The van der Waals surface area contributed by atoms with Crippen molar-refractivity contribution in [2.45, 2.75) is 12.8 Å². The third-order valence-corrected chi connectivity index (χ3v) is 2.47. The highest BCUT2D eigenvalue weighted by molar-refractivity contribution is 6.05. The van der Waals surface area contributed by atoms with E-state index < -0.39 is 0 Å². The number of carbonyl (C=O) groups excluding carboxylic acids is 1. The Balaban J connectivity index is 2.35. The smallest absolute Gasteiger partial charge is 0.268 e. The third kappa shape index (κ3) is 2.23. The molecule has 0 aliphatic rings. The van der Waals surface area contributed by atoms with Crippen LogP contribution in [0.15, 0.2) is 41.1 Å². The number of nitrogens with zero attached hydrogens (tertiary/aromatic N) is 2. The first-order valence-corrected chi connectivity index (χ1v) is 5.16. The van der Waals surface area contributed by atoms with Crippen molar-refractivity contribution in [3.8, 4) is 6.07 Å². The van der Waals surface area contributed by atoms with Gasteiger partial charge in [0.2, 0.25) is 5.78 Å². The van der Waals surface area contributed by atoms with Crippen LogP contribution in [-0.2, 0) is 0 Å². The van der Waals surface area contributed by atoms with Gasteiger partial charge in [0, 0.05) is 5.56 Å². The van der Waals surface area contributed by atoms with Crippen LogP contribution in [0.4, 0.5) is 0 Å². The zero-order valence-electron chi connectivity index (χ0n) is 9.25. The maximum absolute atomic E-state index is 11.9. The molecule has 1 aromatic heterocycles. The van der Waals surface area contributed by atoms with Crippen molar-refractivity contribution in [1.82, 2.24) is 4.98 Å². The van der Waals surface area contributed by atoms with Crippen LogP contribution in [0.1, 0.15) is 34.7 Å². The van der Waals surface area contributed by atoms with Gasteiger partial charge >= 0.3 is 0 Å². The molecule has 0 aliphatic heterocycles. The van der Waals surface area contributed by atoms with E-state index in [4.69, 9.17) is 9.68 Å². The first-order valence-electron chi connectivity index (χ1n) is 5.16. The summed E-state index contributed by atoms with van der Waals surface area (Å²) >= 11 is 0. The van der Waals surface area contributed by atoms with E-state index in [1.807, 2.05) is 6.07 Å². The standard InChI is InChI=1S/C13H10N2O2/c1-9(8-14)10-3-2-4-11(7-10)12(16)13-15-5-6-17-13/h2-7,9H,1H3. The minimum Gasteiger partial charge on any atom is -0.442 e. The molecular weight excluding hydrogens is 216 g/mol. The van der Waals surface area contributed by atoms with Crippen LogP contribution < -0.4 is 0 Å². The molecule has 0 saturated carbocycles. The van der Waals surface area contributed by atoms with E-state index in [-0.39, 0.29) is 17.6 Å². The number of rotatable bonds is 3. The number of aromatic nitrogens is 1. The highest BCUT2D eigenvalue weighted by Gasteiger charge is 2.14. The van der Waals surface area contributed by atoms with Gasteiger partial charge in [-0.3, -0.25) is 4.79 Å². The molecule has 0 N–H and O–H groups in total. The Labute approximate surface area is 98.5 Å². The predicted molar refractivity (Wildman–Crippen MR) is 60.4 cm³/mol. The molecule has 0 saturated heterocycles. The van der Waals surface area contributed by atoms with Gasteiger partial charge in [-0.15, -0.1) is 0 Å². The quantitative estimate of drug-likeness (QED) is 0.754. The SMILES string of the molecule is CC(C#N)c1cccc(C(=O)c2ncco2)c1. The average molecular weight is 226 g/mol. The number of benzene rings is 1. The Bertz CT molecular complexity index is 567. The Morgan fingerprint density at radius 2 is 2.35 bits per heavy atom. The molecule has 0 fully saturated rings. The molecule has 1 aromatic carbocycles. The topological polar surface area (TPSA) is 66.9 Å². The van der Waals surface area contributed by atoms with Crippen LogP contribution in [-0.4, -0.2) is 10.8 Å². The molecule has 17 heavy (non-hydrogen) atoms. The number of oxazole rings is 1. The fraction of sp³-hybridized carbons (Fsp3) is 0.154. The number of ketones is 1. The second-order valence-corrected chi connectivity index (χ2v) is 3.64. The lowest BCUT2D eigenvalue weighted by Gasteiger charge is -2.04. The van der Waals surface area contributed by atoms with Gasteiger partial charge in [-0.1, -0.05) is 18.2 Å². The van der Waals surface area contributed by atoms with Crippen molar-refractivity contribution in [1.29, 1.82) is 5.26 Å². The van der Waals surface area contributed by atoms with Gasteiger partial charge in [0.1, 0.15) is 6.26 Å². The van der Waals surface area contributed by atoms with Crippen LogP contribution in [0.5, 0.6) is 0 Å². The number of carbonyl (C=O) groups is 1. The van der Waals surface area contributed by atoms with E-state index in [1.165, 1.54) is 12.5 Å². The fourth-order valence-corrected chi connectivity index (χ4v) is 1.48. The summed E-state index contributed by atoms with van der Waals surface area (Å²) in [7, 11) is 0. The molecule has 0 aliphatic carbocycles. The van der Waals surface area contributed by atoms with E-state index in [2.05, 4.69) is 11.1 Å². The molecule has 0 radical (unpaired) electrons. The Morgan fingerprint density at radius 3 is 3.00 bits per heavy atom.